The number of nitrogens with one attached hydrogen (secondary N) is 1. The molecule has 0 radical (unpaired) electrons. The Morgan fingerprint density at radius 1 is 1.17 bits per heavy atom. The van der Waals surface area contributed by atoms with Crippen molar-refractivity contribution in [3.63, 3.8) is 0 Å². The summed E-state index contributed by atoms with van der Waals surface area (Å²) in [6.45, 7) is 0. The van der Waals surface area contributed by atoms with Gasteiger partial charge in [-0.3, -0.25) is 0 Å². The summed E-state index contributed by atoms with van der Waals surface area (Å²) < 4.78 is 14.6. The summed E-state index contributed by atoms with van der Waals surface area (Å²) >= 11 is 8.12. The van der Waals surface area contributed by atoms with Gasteiger partial charge in [-0.05, 0) is 36.4 Å². The molecule has 0 aliphatic carbocycles. The first-order valence-corrected chi connectivity index (χ1v) is 6.38. The largest absolute Gasteiger partial charge is 0.389 e. The molecule has 2 aromatic rings. The van der Waals surface area contributed by atoms with E-state index in [2.05, 4.69) is 21.2 Å². The van der Waals surface area contributed by atoms with Crippen LogP contribution in [0.25, 0.3) is 0 Å². The minimum Gasteiger partial charge on any atom is -0.389 e. The van der Waals surface area contributed by atoms with E-state index in [-0.39, 0.29) is 10.6 Å². The second kappa shape index (κ2) is 5.46. The Morgan fingerprint density at radius 3 is 2.50 bits per heavy atom. The number of nitrogens with two attached hydrogens (primary N) is 1. The van der Waals surface area contributed by atoms with Gasteiger partial charge >= 0.3 is 0 Å². The lowest BCUT2D eigenvalue weighted by atomic mass is 10.2. The molecule has 0 aliphatic rings. The minimum atomic E-state index is -0.428. The van der Waals surface area contributed by atoms with Crippen molar-refractivity contribution < 1.29 is 4.39 Å². The van der Waals surface area contributed by atoms with E-state index in [0.717, 1.165) is 10.2 Å². The molecule has 92 valence electrons. The lowest BCUT2D eigenvalue weighted by Crippen LogP contribution is -2.11. The molecule has 0 aromatic heterocycles. The summed E-state index contributed by atoms with van der Waals surface area (Å²) in [6, 6.07) is 12.3. The topological polar surface area (TPSA) is 38.0 Å². The summed E-state index contributed by atoms with van der Waals surface area (Å²) in [5.41, 5.74) is 7.17. The maximum absolute atomic E-state index is 13.7. The zero-order valence-corrected chi connectivity index (χ0v) is 11.7. The fourth-order valence-corrected chi connectivity index (χ4v) is 2.09. The normalized spacial score (nSPS) is 10.1. The molecule has 3 N–H and O–H groups in total. The molecule has 2 aromatic carbocycles. The van der Waals surface area contributed by atoms with Crippen molar-refractivity contribution in [1.29, 1.82) is 0 Å². The predicted octanol–water partition coefficient (Wildman–Crippen LogP) is 3.97. The smallest absolute Gasteiger partial charge is 0.135 e. The number of thiocarbonyl (C=S) groups is 1. The second-order valence-electron chi connectivity index (χ2n) is 3.69. The predicted molar refractivity (Wildman–Crippen MR) is 79.7 cm³/mol. The van der Waals surface area contributed by atoms with Crippen molar-refractivity contribution in [3.8, 4) is 0 Å². The zero-order valence-electron chi connectivity index (χ0n) is 9.28. The molecule has 0 spiro atoms. The molecule has 0 bridgehead atoms. The van der Waals surface area contributed by atoms with Gasteiger partial charge in [-0.2, -0.15) is 0 Å². The highest BCUT2D eigenvalue weighted by Gasteiger charge is 2.06. The molecule has 0 aliphatic heterocycles. The maximum Gasteiger partial charge on any atom is 0.135 e. The van der Waals surface area contributed by atoms with Crippen LogP contribution in [0.5, 0.6) is 0 Å². The molecule has 0 saturated heterocycles. The average Bonchev–Trinajstić information content (AvgIpc) is 2.28. The molecule has 0 saturated carbocycles. The highest BCUT2D eigenvalue weighted by molar-refractivity contribution is 9.10. The molecule has 0 fully saturated rings. The van der Waals surface area contributed by atoms with Gasteiger partial charge in [0.25, 0.3) is 0 Å². The maximum atomic E-state index is 13.7. The third-order valence-electron chi connectivity index (χ3n) is 2.35. The quantitative estimate of drug-likeness (QED) is 0.839. The van der Waals surface area contributed by atoms with Crippen molar-refractivity contribution >= 4 is 44.5 Å². The molecule has 2 nitrogen and oxygen atoms in total. The van der Waals surface area contributed by atoms with Crippen LogP contribution in [0.1, 0.15) is 5.56 Å². The van der Waals surface area contributed by atoms with E-state index in [1.54, 1.807) is 12.1 Å². The highest BCUT2D eigenvalue weighted by Crippen LogP contribution is 2.22. The first kappa shape index (κ1) is 13.0. The summed E-state index contributed by atoms with van der Waals surface area (Å²) in [6.07, 6.45) is 0. The van der Waals surface area contributed by atoms with E-state index < -0.39 is 5.82 Å². The second-order valence-corrected chi connectivity index (χ2v) is 5.05. The van der Waals surface area contributed by atoms with E-state index in [1.165, 1.54) is 6.07 Å². The number of hydrogen-bond acceptors (Lipinski definition) is 2. The van der Waals surface area contributed by atoms with Gasteiger partial charge in [0.2, 0.25) is 0 Å². The van der Waals surface area contributed by atoms with Gasteiger partial charge in [0.05, 0.1) is 0 Å². The van der Waals surface area contributed by atoms with Gasteiger partial charge in [-0.25, -0.2) is 4.39 Å². The van der Waals surface area contributed by atoms with Crippen molar-refractivity contribution in [1.82, 2.24) is 0 Å². The van der Waals surface area contributed by atoms with E-state index in [1.807, 2.05) is 24.3 Å². The Kier molecular flexibility index (Phi) is 3.93. The molecule has 0 unspecified atom stereocenters. The van der Waals surface area contributed by atoms with E-state index in [0.29, 0.717) is 5.69 Å². The molecule has 0 atom stereocenters. The summed E-state index contributed by atoms with van der Waals surface area (Å²) in [5.74, 6) is -0.428. The number of halogens is 2. The Hall–Kier alpha value is -1.46. The summed E-state index contributed by atoms with van der Waals surface area (Å²) in [5, 5.41) is 3.10. The van der Waals surface area contributed by atoms with Crippen molar-refractivity contribution in [2.24, 2.45) is 5.73 Å². The van der Waals surface area contributed by atoms with E-state index in [9.17, 15) is 4.39 Å². The average molecular weight is 325 g/mol. The molecule has 0 heterocycles. The third kappa shape index (κ3) is 3.05. The van der Waals surface area contributed by atoms with Crippen molar-refractivity contribution in [2.75, 3.05) is 5.32 Å². The van der Waals surface area contributed by atoms with Gasteiger partial charge in [0, 0.05) is 21.4 Å². The number of hydrogen-bond donors (Lipinski definition) is 2. The first-order chi connectivity index (χ1) is 8.56. The van der Waals surface area contributed by atoms with Crippen molar-refractivity contribution in [3.05, 3.63) is 58.3 Å². The van der Waals surface area contributed by atoms with Gasteiger partial charge in [0.15, 0.2) is 0 Å². The van der Waals surface area contributed by atoms with Crippen LogP contribution >= 0.6 is 28.1 Å². The lowest BCUT2D eigenvalue weighted by molar-refractivity contribution is 0.626. The standard InChI is InChI=1S/C13H10BrFN2S/c14-8-2-1-3-9(6-8)17-10-4-5-11(13(16)18)12(15)7-10/h1-7,17H,(H2,16,18). The zero-order chi connectivity index (χ0) is 13.1. The molecular weight excluding hydrogens is 315 g/mol. The Balaban J connectivity index is 2.25. The van der Waals surface area contributed by atoms with Crippen LogP contribution in [0.15, 0.2) is 46.9 Å². The van der Waals surface area contributed by atoms with E-state index >= 15 is 0 Å². The van der Waals surface area contributed by atoms with Gasteiger partial charge in [-0.1, -0.05) is 34.2 Å². The monoisotopic (exact) mass is 324 g/mol. The third-order valence-corrected chi connectivity index (χ3v) is 3.06. The molecule has 0 amide bonds. The summed E-state index contributed by atoms with van der Waals surface area (Å²) in [4.78, 5) is 0.0569. The molecule has 18 heavy (non-hydrogen) atoms. The van der Waals surface area contributed by atoms with Crippen molar-refractivity contribution in [2.45, 2.75) is 0 Å². The van der Waals surface area contributed by atoms with Crippen LogP contribution in [0, 0.1) is 5.82 Å². The van der Waals surface area contributed by atoms with Crippen LogP contribution in [-0.4, -0.2) is 4.99 Å². The van der Waals surface area contributed by atoms with Crippen LogP contribution < -0.4 is 11.1 Å². The van der Waals surface area contributed by atoms with Crippen LogP contribution in [0.3, 0.4) is 0 Å². The highest BCUT2D eigenvalue weighted by atomic mass is 79.9. The van der Waals surface area contributed by atoms with Crippen LogP contribution in [0.4, 0.5) is 15.8 Å². The Morgan fingerprint density at radius 2 is 1.89 bits per heavy atom. The number of anilines is 2. The summed E-state index contributed by atoms with van der Waals surface area (Å²) in [7, 11) is 0. The Labute approximate surface area is 118 Å². The fraction of sp³-hybridized carbons (Fsp3) is 0. The van der Waals surface area contributed by atoms with E-state index in [4.69, 9.17) is 18.0 Å². The molecular formula is C13H10BrFN2S. The van der Waals surface area contributed by atoms with Gasteiger partial charge in [0.1, 0.15) is 10.8 Å². The number of rotatable bonds is 3. The van der Waals surface area contributed by atoms with Crippen LogP contribution in [-0.2, 0) is 0 Å². The molecule has 5 heteroatoms. The Bertz CT molecular complexity index is 601. The molecule has 2 rings (SSSR count). The SMILES string of the molecule is NC(=S)c1ccc(Nc2cccc(Br)c2)cc1F. The van der Waals surface area contributed by atoms with Crippen LogP contribution in [0.2, 0.25) is 0 Å². The number of benzene rings is 2. The lowest BCUT2D eigenvalue weighted by Gasteiger charge is -2.08. The van der Waals surface area contributed by atoms with Gasteiger partial charge in [-0.15, -0.1) is 0 Å². The fourth-order valence-electron chi connectivity index (χ4n) is 1.53. The minimum absolute atomic E-state index is 0.0569. The first-order valence-electron chi connectivity index (χ1n) is 5.18. The van der Waals surface area contributed by atoms with Gasteiger partial charge < -0.3 is 11.1 Å².